The summed E-state index contributed by atoms with van der Waals surface area (Å²) in [6, 6.07) is 10.1. The van der Waals surface area contributed by atoms with Gasteiger partial charge in [-0.3, -0.25) is 9.36 Å². The third-order valence-corrected chi connectivity index (χ3v) is 4.19. The highest BCUT2D eigenvalue weighted by atomic mass is 31.2. The molecule has 8 heteroatoms. The number of carboxylic acids is 1. The fourth-order valence-electron chi connectivity index (χ4n) is 2.37. The van der Waals surface area contributed by atoms with Gasteiger partial charge in [0.1, 0.15) is 11.8 Å². The summed E-state index contributed by atoms with van der Waals surface area (Å²) in [6.45, 7) is 0. The molecule has 0 aromatic heterocycles. The first-order valence-corrected chi connectivity index (χ1v) is 8.89. The molecular weight excluding hydrogens is 333 g/mol. The van der Waals surface area contributed by atoms with Crippen molar-refractivity contribution in [2.75, 3.05) is 0 Å². The van der Waals surface area contributed by atoms with Crippen LogP contribution in [0.15, 0.2) is 42.5 Å². The number of hydrogen-bond acceptors (Lipinski definition) is 4. The van der Waals surface area contributed by atoms with Crippen molar-refractivity contribution < 1.29 is 29.4 Å². The van der Waals surface area contributed by atoms with Gasteiger partial charge in [0.25, 0.3) is 0 Å². The van der Waals surface area contributed by atoms with Gasteiger partial charge in [-0.05, 0) is 40.8 Å². The molecule has 0 aliphatic rings. The zero-order valence-electron chi connectivity index (χ0n) is 12.7. The third kappa shape index (κ3) is 5.18. The Balaban J connectivity index is 2.45. The summed E-state index contributed by atoms with van der Waals surface area (Å²) >= 11 is 0. The molecule has 0 spiro atoms. The van der Waals surface area contributed by atoms with Crippen LogP contribution in [-0.2, 0) is 21.9 Å². The molecule has 0 aliphatic carbocycles. The molecule has 0 bridgehead atoms. The van der Waals surface area contributed by atoms with E-state index in [2.05, 4.69) is 0 Å². The highest BCUT2D eigenvalue weighted by Gasteiger charge is 2.18. The molecule has 6 N–H and O–H groups in total. The second-order valence-electron chi connectivity index (χ2n) is 5.56. The van der Waals surface area contributed by atoms with Crippen molar-refractivity contribution in [3.63, 3.8) is 0 Å². The Morgan fingerprint density at radius 2 is 1.62 bits per heavy atom. The molecule has 1 atom stereocenters. The average molecular weight is 351 g/mol. The molecule has 2 rings (SSSR count). The molecule has 2 aromatic carbocycles. The lowest BCUT2D eigenvalue weighted by molar-refractivity contribution is -0.138. The number of carboxylic acid groups (broad SMARTS) is 1. The number of phenolic OH excluding ortho intramolecular Hbond substituents is 1. The average Bonchev–Trinajstić information content (AvgIpc) is 2.45. The molecule has 0 saturated heterocycles. The molecule has 2 aromatic rings. The fraction of sp³-hybridized carbons (Fsp3) is 0.188. The predicted molar refractivity (Wildman–Crippen MR) is 88.6 cm³/mol. The Hall–Kier alpha value is -2.18. The van der Waals surface area contributed by atoms with Gasteiger partial charge < -0.3 is 25.7 Å². The summed E-state index contributed by atoms with van der Waals surface area (Å²) in [5.74, 6) is -1.06. The second kappa shape index (κ2) is 7.15. The monoisotopic (exact) mass is 351 g/mol. The van der Waals surface area contributed by atoms with Gasteiger partial charge in [0, 0.05) is 0 Å². The van der Waals surface area contributed by atoms with E-state index >= 15 is 0 Å². The van der Waals surface area contributed by atoms with Crippen LogP contribution in [-0.4, -0.2) is 32.0 Å². The lowest BCUT2D eigenvalue weighted by Gasteiger charge is -2.13. The molecule has 0 radical (unpaired) electrons. The van der Waals surface area contributed by atoms with E-state index in [1.54, 1.807) is 30.3 Å². The zero-order chi connectivity index (χ0) is 17.9. The number of aliphatic carboxylic acids is 1. The summed E-state index contributed by atoms with van der Waals surface area (Å²) in [5, 5.41) is 18.3. The summed E-state index contributed by atoms with van der Waals surface area (Å²) < 4.78 is 11.3. The molecule has 0 aliphatic heterocycles. The highest BCUT2D eigenvalue weighted by Crippen LogP contribution is 2.40. The van der Waals surface area contributed by atoms with E-state index in [1.165, 1.54) is 12.1 Å². The van der Waals surface area contributed by atoms with E-state index in [0.29, 0.717) is 16.7 Å². The van der Waals surface area contributed by atoms with E-state index in [4.69, 9.17) is 10.8 Å². The highest BCUT2D eigenvalue weighted by molar-refractivity contribution is 7.50. The van der Waals surface area contributed by atoms with E-state index in [9.17, 15) is 24.3 Å². The smallest absolute Gasteiger partial charge is 0.329 e. The molecular formula is C16H18NO6P. The van der Waals surface area contributed by atoms with Crippen molar-refractivity contribution >= 4 is 13.6 Å². The number of phenols is 1. The maximum absolute atomic E-state index is 11.3. The topological polar surface area (TPSA) is 141 Å². The Labute approximate surface area is 138 Å². The number of nitrogens with two attached hydrogens (primary N) is 1. The van der Waals surface area contributed by atoms with Crippen molar-refractivity contribution in [2.24, 2.45) is 5.73 Å². The van der Waals surface area contributed by atoms with Crippen molar-refractivity contribution in [1.29, 1.82) is 0 Å². The van der Waals surface area contributed by atoms with Crippen LogP contribution in [0.2, 0.25) is 0 Å². The van der Waals surface area contributed by atoms with Crippen molar-refractivity contribution in [3.8, 4) is 16.9 Å². The second-order valence-corrected chi connectivity index (χ2v) is 7.20. The SMILES string of the molecule is N[C@@H](Cc1cc(CP(=O)(O)O)cc(-c2ccc(O)cc2)c1)C(=O)O. The molecule has 24 heavy (non-hydrogen) atoms. The molecule has 0 saturated carbocycles. The van der Waals surface area contributed by atoms with Gasteiger partial charge in [0.05, 0.1) is 6.16 Å². The number of hydrogen-bond donors (Lipinski definition) is 5. The van der Waals surface area contributed by atoms with Crippen molar-refractivity contribution in [2.45, 2.75) is 18.6 Å². The number of aromatic hydroxyl groups is 1. The minimum absolute atomic E-state index is 0.0371. The van der Waals surface area contributed by atoms with E-state index < -0.39 is 25.8 Å². The van der Waals surface area contributed by atoms with E-state index in [-0.39, 0.29) is 12.2 Å². The van der Waals surface area contributed by atoms with Crippen LogP contribution >= 0.6 is 7.60 Å². The van der Waals surface area contributed by atoms with E-state index in [1.807, 2.05) is 0 Å². The van der Waals surface area contributed by atoms with Gasteiger partial charge in [0.15, 0.2) is 0 Å². The first kappa shape index (κ1) is 18.2. The quantitative estimate of drug-likeness (QED) is 0.499. The van der Waals surface area contributed by atoms with Gasteiger partial charge in [-0.25, -0.2) is 0 Å². The van der Waals surface area contributed by atoms with Gasteiger partial charge in [-0.2, -0.15) is 0 Å². The lowest BCUT2D eigenvalue weighted by atomic mass is 9.97. The number of rotatable bonds is 6. The first-order valence-electron chi connectivity index (χ1n) is 7.09. The molecule has 128 valence electrons. The van der Waals surface area contributed by atoms with Crippen LogP contribution in [0, 0.1) is 0 Å². The molecule has 7 nitrogen and oxygen atoms in total. The molecule has 0 unspecified atom stereocenters. The number of benzene rings is 2. The van der Waals surface area contributed by atoms with Crippen LogP contribution in [0.3, 0.4) is 0 Å². The summed E-state index contributed by atoms with van der Waals surface area (Å²) in [7, 11) is -4.27. The van der Waals surface area contributed by atoms with Gasteiger partial charge in [-0.1, -0.05) is 30.3 Å². The maximum atomic E-state index is 11.3. The van der Waals surface area contributed by atoms with Crippen LogP contribution in [0.5, 0.6) is 5.75 Å². The minimum Gasteiger partial charge on any atom is -0.508 e. The summed E-state index contributed by atoms with van der Waals surface area (Å²) in [4.78, 5) is 29.3. The standard InChI is InChI=1S/C16H18NO6P/c17-15(16(19)20)8-10-5-11(9-24(21,22)23)7-13(6-10)12-1-3-14(18)4-2-12/h1-7,15,18H,8-9,17H2,(H,19,20)(H2,21,22,23)/t15-/m0/s1. The van der Waals surface area contributed by atoms with Crippen LogP contribution in [0.4, 0.5) is 0 Å². The van der Waals surface area contributed by atoms with Crippen LogP contribution in [0.25, 0.3) is 11.1 Å². The van der Waals surface area contributed by atoms with Crippen molar-refractivity contribution in [3.05, 3.63) is 53.6 Å². The summed E-state index contributed by atoms with van der Waals surface area (Å²) in [6.07, 6.45) is -0.413. The van der Waals surface area contributed by atoms with E-state index in [0.717, 1.165) is 5.56 Å². The molecule has 0 fully saturated rings. The third-order valence-electron chi connectivity index (χ3n) is 3.41. The predicted octanol–water partition coefficient (Wildman–Crippen LogP) is 1.69. The normalized spacial score (nSPS) is 12.8. The lowest BCUT2D eigenvalue weighted by Crippen LogP contribution is -2.32. The van der Waals surface area contributed by atoms with Crippen LogP contribution < -0.4 is 5.73 Å². The Morgan fingerprint density at radius 1 is 1.04 bits per heavy atom. The molecule has 0 amide bonds. The fourth-order valence-corrected chi connectivity index (χ4v) is 3.03. The van der Waals surface area contributed by atoms with Gasteiger partial charge in [-0.15, -0.1) is 0 Å². The zero-order valence-corrected chi connectivity index (χ0v) is 13.6. The number of carbonyl (C=O) groups is 1. The van der Waals surface area contributed by atoms with Gasteiger partial charge in [0.2, 0.25) is 0 Å². The van der Waals surface area contributed by atoms with Crippen LogP contribution in [0.1, 0.15) is 11.1 Å². The molecule has 0 heterocycles. The van der Waals surface area contributed by atoms with Crippen molar-refractivity contribution in [1.82, 2.24) is 0 Å². The first-order chi connectivity index (χ1) is 11.1. The Bertz CT molecular complexity index is 784. The minimum atomic E-state index is -4.27. The Morgan fingerprint density at radius 3 is 2.17 bits per heavy atom. The largest absolute Gasteiger partial charge is 0.508 e. The Kier molecular flexibility index (Phi) is 5.41. The van der Waals surface area contributed by atoms with Gasteiger partial charge >= 0.3 is 13.6 Å². The summed E-state index contributed by atoms with van der Waals surface area (Å²) in [5.41, 5.74) is 7.90. The maximum Gasteiger partial charge on any atom is 0.329 e.